The highest BCUT2D eigenvalue weighted by molar-refractivity contribution is 5.94. The van der Waals surface area contributed by atoms with E-state index >= 15 is 0 Å². The van der Waals surface area contributed by atoms with E-state index in [0.29, 0.717) is 25.4 Å². The average molecular weight is 384 g/mol. The lowest BCUT2D eigenvalue weighted by Gasteiger charge is -2.25. The summed E-state index contributed by atoms with van der Waals surface area (Å²) in [5, 5.41) is 2.82. The van der Waals surface area contributed by atoms with E-state index in [1.807, 2.05) is 56.3 Å². The van der Waals surface area contributed by atoms with Crippen LogP contribution in [0.2, 0.25) is 0 Å². The maximum Gasteiger partial charge on any atom is 0.223 e. The van der Waals surface area contributed by atoms with Crippen molar-refractivity contribution in [3.05, 3.63) is 53.6 Å². The molecule has 0 aliphatic heterocycles. The number of benzene rings is 2. The van der Waals surface area contributed by atoms with Crippen LogP contribution in [-0.2, 0) is 9.59 Å². The van der Waals surface area contributed by atoms with E-state index in [1.54, 1.807) is 12.0 Å². The third-order valence-electron chi connectivity index (χ3n) is 4.40. The number of amides is 2. The molecule has 2 amide bonds. The van der Waals surface area contributed by atoms with Crippen LogP contribution in [0, 0.1) is 13.8 Å². The summed E-state index contributed by atoms with van der Waals surface area (Å²) in [5.41, 5.74) is 2.91. The zero-order valence-corrected chi connectivity index (χ0v) is 17.0. The maximum atomic E-state index is 12.1. The minimum absolute atomic E-state index is 0.0759. The van der Waals surface area contributed by atoms with E-state index in [-0.39, 0.29) is 18.2 Å². The molecular weight excluding hydrogens is 356 g/mol. The SMILES string of the molecule is COc1ccc(OCCNC(=O)CCN(C(C)=O)c2c(C)cccc2C)cc1. The minimum atomic E-state index is -0.115. The van der Waals surface area contributed by atoms with Crippen molar-refractivity contribution < 1.29 is 19.1 Å². The number of carbonyl (C=O) groups excluding carboxylic acids is 2. The highest BCUT2D eigenvalue weighted by Crippen LogP contribution is 2.25. The number of nitrogens with one attached hydrogen (secondary N) is 1. The first-order valence-corrected chi connectivity index (χ1v) is 9.30. The zero-order valence-electron chi connectivity index (χ0n) is 17.0. The van der Waals surface area contributed by atoms with Gasteiger partial charge in [-0.3, -0.25) is 9.59 Å². The van der Waals surface area contributed by atoms with E-state index in [1.165, 1.54) is 6.92 Å². The summed E-state index contributed by atoms with van der Waals surface area (Å²) in [6, 6.07) is 13.2. The van der Waals surface area contributed by atoms with Crippen LogP contribution in [0.1, 0.15) is 24.5 Å². The monoisotopic (exact) mass is 384 g/mol. The van der Waals surface area contributed by atoms with Crippen LogP contribution in [0.3, 0.4) is 0 Å². The lowest BCUT2D eigenvalue weighted by molar-refractivity contribution is -0.121. The molecule has 0 saturated carbocycles. The Morgan fingerprint density at radius 3 is 2.18 bits per heavy atom. The first kappa shape index (κ1) is 21.3. The van der Waals surface area contributed by atoms with Crippen molar-refractivity contribution in [2.24, 2.45) is 0 Å². The summed E-state index contributed by atoms with van der Waals surface area (Å²) in [6.07, 6.45) is 0.232. The number of carbonyl (C=O) groups is 2. The molecule has 0 fully saturated rings. The molecule has 0 aliphatic rings. The molecule has 0 heterocycles. The lowest BCUT2D eigenvalue weighted by atomic mass is 10.1. The number of rotatable bonds is 9. The van der Waals surface area contributed by atoms with Crippen LogP contribution in [-0.4, -0.2) is 38.6 Å². The molecule has 0 spiro atoms. The predicted octanol–water partition coefficient (Wildman–Crippen LogP) is 3.25. The van der Waals surface area contributed by atoms with Gasteiger partial charge in [-0.1, -0.05) is 18.2 Å². The Morgan fingerprint density at radius 1 is 1.00 bits per heavy atom. The summed E-state index contributed by atoms with van der Waals surface area (Å²) in [5.74, 6) is 1.29. The largest absolute Gasteiger partial charge is 0.497 e. The molecule has 0 radical (unpaired) electrons. The second kappa shape index (κ2) is 10.3. The van der Waals surface area contributed by atoms with Gasteiger partial charge < -0.3 is 19.7 Å². The van der Waals surface area contributed by atoms with E-state index in [0.717, 1.165) is 22.6 Å². The topological polar surface area (TPSA) is 67.9 Å². The van der Waals surface area contributed by atoms with Gasteiger partial charge in [-0.2, -0.15) is 0 Å². The molecule has 1 N–H and O–H groups in total. The highest BCUT2D eigenvalue weighted by atomic mass is 16.5. The molecule has 0 unspecified atom stereocenters. The molecule has 0 saturated heterocycles. The molecule has 150 valence electrons. The molecule has 2 aromatic rings. The second-order valence-electron chi connectivity index (χ2n) is 6.54. The van der Waals surface area contributed by atoms with Crippen molar-refractivity contribution in [1.29, 1.82) is 0 Å². The Hall–Kier alpha value is -3.02. The number of nitrogens with zero attached hydrogens (tertiary/aromatic N) is 1. The van der Waals surface area contributed by atoms with Gasteiger partial charge in [0.1, 0.15) is 18.1 Å². The van der Waals surface area contributed by atoms with E-state index < -0.39 is 0 Å². The van der Waals surface area contributed by atoms with Crippen LogP contribution >= 0.6 is 0 Å². The Labute approximate surface area is 166 Å². The normalized spacial score (nSPS) is 10.3. The van der Waals surface area contributed by atoms with E-state index in [4.69, 9.17) is 9.47 Å². The number of anilines is 1. The van der Waals surface area contributed by atoms with Crippen molar-refractivity contribution in [3.8, 4) is 11.5 Å². The average Bonchev–Trinajstić information content (AvgIpc) is 2.67. The third-order valence-corrected chi connectivity index (χ3v) is 4.40. The van der Waals surface area contributed by atoms with Gasteiger partial charge >= 0.3 is 0 Å². The van der Waals surface area contributed by atoms with Crippen LogP contribution in [0.4, 0.5) is 5.69 Å². The van der Waals surface area contributed by atoms with Gasteiger partial charge in [0, 0.05) is 25.6 Å². The van der Waals surface area contributed by atoms with E-state index in [2.05, 4.69) is 5.32 Å². The Morgan fingerprint density at radius 2 is 1.61 bits per heavy atom. The van der Waals surface area contributed by atoms with Gasteiger partial charge in [-0.05, 0) is 49.2 Å². The first-order chi connectivity index (χ1) is 13.4. The Balaban J connectivity index is 1.79. The summed E-state index contributed by atoms with van der Waals surface area (Å²) in [7, 11) is 1.61. The third kappa shape index (κ3) is 6.01. The first-order valence-electron chi connectivity index (χ1n) is 9.30. The molecule has 0 aromatic heterocycles. The standard InChI is InChI=1S/C22H28N2O4/c1-16-6-5-7-17(2)22(16)24(18(3)25)14-12-21(26)23-13-15-28-20-10-8-19(27-4)9-11-20/h5-11H,12-15H2,1-4H3,(H,23,26). The molecular formula is C22H28N2O4. The molecule has 2 rings (SSSR count). The molecule has 6 nitrogen and oxygen atoms in total. The van der Waals surface area contributed by atoms with Crippen molar-refractivity contribution in [3.63, 3.8) is 0 Å². The molecule has 0 bridgehead atoms. The number of para-hydroxylation sites is 1. The smallest absolute Gasteiger partial charge is 0.223 e. The van der Waals surface area contributed by atoms with Crippen molar-refractivity contribution in [2.75, 3.05) is 31.7 Å². The van der Waals surface area contributed by atoms with Crippen LogP contribution in [0.25, 0.3) is 0 Å². The van der Waals surface area contributed by atoms with Gasteiger partial charge in [0.2, 0.25) is 11.8 Å². The number of hydrogen-bond donors (Lipinski definition) is 1. The fraction of sp³-hybridized carbons (Fsp3) is 0.364. The van der Waals surface area contributed by atoms with Crippen molar-refractivity contribution >= 4 is 17.5 Å². The molecule has 28 heavy (non-hydrogen) atoms. The fourth-order valence-electron chi connectivity index (χ4n) is 2.99. The van der Waals surface area contributed by atoms with Crippen LogP contribution in [0.5, 0.6) is 11.5 Å². The van der Waals surface area contributed by atoms with Crippen LogP contribution in [0.15, 0.2) is 42.5 Å². The Kier molecular flexibility index (Phi) is 7.87. The Bertz CT molecular complexity index is 782. The molecule has 2 aromatic carbocycles. The summed E-state index contributed by atoms with van der Waals surface area (Å²) >= 11 is 0. The number of hydrogen-bond acceptors (Lipinski definition) is 4. The summed E-state index contributed by atoms with van der Waals surface area (Å²) in [4.78, 5) is 25.9. The quantitative estimate of drug-likeness (QED) is 0.674. The summed E-state index contributed by atoms with van der Waals surface area (Å²) < 4.78 is 10.7. The minimum Gasteiger partial charge on any atom is -0.497 e. The van der Waals surface area contributed by atoms with Crippen molar-refractivity contribution in [2.45, 2.75) is 27.2 Å². The second-order valence-corrected chi connectivity index (χ2v) is 6.54. The van der Waals surface area contributed by atoms with E-state index in [9.17, 15) is 9.59 Å². The van der Waals surface area contributed by atoms with Gasteiger partial charge in [0.15, 0.2) is 0 Å². The van der Waals surface area contributed by atoms with Gasteiger partial charge in [-0.15, -0.1) is 0 Å². The van der Waals surface area contributed by atoms with Crippen LogP contribution < -0.4 is 19.7 Å². The fourth-order valence-corrected chi connectivity index (χ4v) is 2.99. The van der Waals surface area contributed by atoms with Gasteiger partial charge in [0.05, 0.1) is 13.7 Å². The summed E-state index contributed by atoms with van der Waals surface area (Å²) in [6.45, 7) is 6.56. The molecule has 0 aliphatic carbocycles. The number of methoxy groups -OCH3 is 1. The highest BCUT2D eigenvalue weighted by Gasteiger charge is 2.17. The van der Waals surface area contributed by atoms with Crippen molar-refractivity contribution in [1.82, 2.24) is 5.32 Å². The molecule has 6 heteroatoms. The predicted molar refractivity (Wildman–Crippen MR) is 110 cm³/mol. The zero-order chi connectivity index (χ0) is 20.5. The van der Waals surface area contributed by atoms with Gasteiger partial charge in [0.25, 0.3) is 0 Å². The number of ether oxygens (including phenoxy) is 2. The van der Waals surface area contributed by atoms with Gasteiger partial charge in [-0.25, -0.2) is 0 Å². The maximum absolute atomic E-state index is 12.1. The molecule has 0 atom stereocenters. The lowest BCUT2D eigenvalue weighted by Crippen LogP contribution is -2.35. The number of aryl methyl sites for hydroxylation is 2.